The number of hydrogen-bond acceptors (Lipinski definition) is 0. The molecule has 58 valence electrons. The first-order valence-electron chi connectivity index (χ1n) is 4.53. The minimum absolute atomic E-state index is 1.06. The van der Waals surface area contributed by atoms with Gasteiger partial charge in [0.25, 0.3) is 0 Å². The van der Waals surface area contributed by atoms with Crippen LogP contribution in [0.3, 0.4) is 0 Å². The molecule has 0 atom stereocenters. The molecular formula is C11H11B. The second-order valence-electron chi connectivity index (χ2n) is 3.17. The van der Waals surface area contributed by atoms with Gasteiger partial charge in [-0.25, -0.2) is 0 Å². The minimum Gasteiger partial charge on any atom is -0.0979 e. The van der Waals surface area contributed by atoms with Crippen molar-refractivity contribution in [2.75, 3.05) is 0 Å². The highest BCUT2D eigenvalue weighted by Crippen LogP contribution is 2.01. The average Bonchev–Trinajstić information content (AvgIpc) is 2.06. The van der Waals surface area contributed by atoms with Gasteiger partial charge in [0.05, 0.1) is 0 Å². The molecule has 0 aliphatic carbocycles. The summed E-state index contributed by atoms with van der Waals surface area (Å²) < 4.78 is 0. The predicted octanol–water partition coefficient (Wildman–Crippen LogP) is 1.31. The lowest BCUT2D eigenvalue weighted by Crippen LogP contribution is -2.17. The number of hydrogen-bond donors (Lipinski definition) is 0. The van der Waals surface area contributed by atoms with E-state index in [0.29, 0.717) is 0 Å². The third-order valence-corrected chi connectivity index (χ3v) is 2.24. The molecular weight excluding hydrogens is 143 g/mol. The molecule has 0 saturated carbocycles. The summed E-state index contributed by atoms with van der Waals surface area (Å²) >= 11 is 0. The van der Waals surface area contributed by atoms with Crippen molar-refractivity contribution in [1.82, 2.24) is 0 Å². The van der Waals surface area contributed by atoms with Crippen LogP contribution >= 0.6 is 0 Å². The third-order valence-electron chi connectivity index (χ3n) is 2.24. The van der Waals surface area contributed by atoms with Crippen molar-refractivity contribution in [3.8, 4) is 11.8 Å². The standard InChI is InChI=1S/C11H11B/c1-2-6-10-7-3-4-8-11(10)12-9-5-1/h3-4,7-8,12H,1,5,9H2. The molecule has 1 aromatic rings. The lowest BCUT2D eigenvalue weighted by Gasteiger charge is -2.04. The van der Waals surface area contributed by atoms with Gasteiger partial charge in [-0.2, -0.15) is 0 Å². The Hall–Kier alpha value is -1.16. The van der Waals surface area contributed by atoms with Gasteiger partial charge in [-0.05, 0) is 12.5 Å². The quantitative estimate of drug-likeness (QED) is 0.390. The first-order valence-corrected chi connectivity index (χ1v) is 4.53. The van der Waals surface area contributed by atoms with Crippen LogP contribution in [0, 0.1) is 11.8 Å². The number of fused-ring (bicyclic) bond motifs is 1. The zero-order valence-electron chi connectivity index (χ0n) is 7.14. The summed E-state index contributed by atoms with van der Waals surface area (Å²) in [5, 5.41) is 0. The van der Waals surface area contributed by atoms with Gasteiger partial charge in [-0.1, -0.05) is 41.8 Å². The molecule has 0 fully saturated rings. The molecule has 0 N–H and O–H groups in total. The van der Waals surface area contributed by atoms with Crippen molar-refractivity contribution in [2.45, 2.75) is 19.2 Å². The van der Waals surface area contributed by atoms with Crippen molar-refractivity contribution in [2.24, 2.45) is 0 Å². The Balaban J connectivity index is 2.42. The van der Waals surface area contributed by atoms with Crippen molar-refractivity contribution in [1.29, 1.82) is 0 Å². The van der Waals surface area contributed by atoms with Crippen molar-refractivity contribution in [3.63, 3.8) is 0 Å². The average molecular weight is 154 g/mol. The molecule has 1 aliphatic heterocycles. The maximum atomic E-state index is 3.22. The maximum absolute atomic E-state index is 3.22. The van der Waals surface area contributed by atoms with Crippen LogP contribution in [0.5, 0.6) is 0 Å². The molecule has 12 heavy (non-hydrogen) atoms. The highest BCUT2D eigenvalue weighted by Gasteiger charge is 2.01. The lowest BCUT2D eigenvalue weighted by atomic mass is 9.64. The van der Waals surface area contributed by atoms with Gasteiger partial charge in [-0.15, -0.1) is 0 Å². The summed E-state index contributed by atoms with van der Waals surface area (Å²) in [5.41, 5.74) is 2.65. The fourth-order valence-corrected chi connectivity index (χ4v) is 1.55. The van der Waals surface area contributed by atoms with Crippen LogP contribution in [0.4, 0.5) is 0 Å². The Kier molecular flexibility index (Phi) is 2.18. The largest absolute Gasteiger partial charge is 0.159 e. The van der Waals surface area contributed by atoms with E-state index >= 15 is 0 Å². The normalized spacial score (nSPS) is 14.3. The van der Waals surface area contributed by atoms with E-state index in [2.05, 4.69) is 36.1 Å². The van der Waals surface area contributed by atoms with Crippen LogP contribution in [-0.2, 0) is 0 Å². The van der Waals surface area contributed by atoms with Crippen molar-refractivity contribution >= 4 is 12.7 Å². The third kappa shape index (κ3) is 1.53. The second-order valence-corrected chi connectivity index (χ2v) is 3.17. The Bertz CT molecular complexity index is 330. The lowest BCUT2D eigenvalue weighted by molar-refractivity contribution is 0.974. The van der Waals surface area contributed by atoms with Crippen LogP contribution < -0.4 is 5.46 Å². The van der Waals surface area contributed by atoms with E-state index in [-0.39, 0.29) is 0 Å². The molecule has 0 saturated heterocycles. The van der Waals surface area contributed by atoms with Crippen LogP contribution in [0.2, 0.25) is 6.32 Å². The summed E-state index contributed by atoms with van der Waals surface area (Å²) in [6.45, 7) is 0. The maximum Gasteiger partial charge on any atom is 0.159 e. The summed E-state index contributed by atoms with van der Waals surface area (Å²) in [6.07, 6.45) is 3.60. The Morgan fingerprint density at radius 1 is 1.25 bits per heavy atom. The van der Waals surface area contributed by atoms with Gasteiger partial charge < -0.3 is 0 Å². The zero-order chi connectivity index (χ0) is 8.23. The van der Waals surface area contributed by atoms with E-state index in [1.165, 1.54) is 31.0 Å². The van der Waals surface area contributed by atoms with Crippen molar-refractivity contribution < 1.29 is 0 Å². The van der Waals surface area contributed by atoms with Gasteiger partial charge in [0.15, 0.2) is 7.28 Å². The highest BCUT2D eigenvalue weighted by atomic mass is 13.9. The molecule has 0 spiro atoms. The van der Waals surface area contributed by atoms with E-state index < -0.39 is 0 Å². The fraction of sp³-hybridized carbons (Fsp3) is 0.273. The molecule has 0 amide bonds. The summed E-state index contributed by atoms with van der Waals surface area (Å²) in [7, 11) is 1.20. The van der Waals surface area contributed by atoms with Crippen LogP contribution in [0.1, 0.15) is 18.4 Å². The molecule has 1 aliphatic rings. The zero-order valence-corrected chi connectivity index (χ0v) is 7.14. The molecule has 0 nitrogen and oxygen atoms in total. The van der Waals surface area contributed by atoms with Gasteiger partial charge in [-0.3, -0.25) is 0 Å². The molecule has 1 aromatic carbocycles. The smallest absolute Gasteiger partial charge is 0.0979 e. The minimum atomic E-state index is 1.06. The molecule has 0 unspecified atom stereocenters. The second kappa shape index (κ2) is 3.49. The van der Waals surface area contributed by atoms with Crippen LogP contribution in [0.25, 0.3) is 0 Å². The van der Waals surface area contributed by atoms with E-state index in [1.54, 1.807) is 0 Å². The van der Waals surface area contributed by atoms with Gasteiger partial charge in [0.1, 0.15) is 0 Å². The molecule has 0 radical (unpaired) electrons. The molecule has 0 aromatic heterocycles. The van der Waals surface area contributed by atoms with E-state index in [0.717, 1.165) is 6.42 Å². The van der Waals surface area contributed by atoms with E-state index in [9.17, 15) is 0 Å². The Morgan fingerprint density at radius 3 is 3.17 bits per heavy atom. The highest BCUT2D eigenvalue weighted by molar-refractivity contribution is 6.54. The molecule has 0 bridgehead atoms. The topological polar surface area (TPSA) is 0 Å². The molecule has 2 rings (SSSR count). The van der Waals surface area contributed by atoms with E-state index in [4.69, 9.17) is 0 Å². The first-order chi connectivity index (χ1) is 5.97. The summed E-state index contributed by atoms with van der Waals surface area (Å²) in [5.74, 6) is 6.41. The van der Waals surface area contributed by atoms with Gasteiger partial charge >= 0.3 is 0 Å². The first kappa shape index (κ1) is 7.49. The number of rotatable bonds is 0. The predicted molar refractivity (Wildman–Crippen MR) is 54.1 cm³/mol. The van der Waals surface area contributed by atoms with Gasteiger partial charge in [0.2, 0.25) is 0 Å². The van der Waals surface area contributed by atoms with Crippen LogP contribution in [-0.4, -0.2) is 7.28 Å². The number of benzene rings is 1. The van der Waals surface area contributed by atoms with Crippen molar-refractivity contribution in [3.05, 3.63) is 29.8 Å². The van der Waals surface area contributed by atoms with Crippen LogP contribution in [0.15, 0.2) is 24.3 Å². The SMILES string of the molecule is B1CCCC#Cc2ccccc21. The molecule has 1 heterocycles. The molecule has 1 heteroatoms. The summed E-state index contributed by atoms with van der Waals surface area (Å²) in [4.78, 5) is 0. The Labute approximate surface area is 74.2 Å². The monoisotopic (exact) mass is 154 g/mol. The van der Waals surface area contributed by atoms with E-state index in [1.807, 2.05) is 0 Å². The summed E-state index contributed by atoms with van der Waals surface area (Å²) in [6, 6.07) is 8.47. The fourth-order valence-electron chi connectivity index (χ4n) is 1.55. The Morgan fingerprint density at radius 2 is 2.17 bits per heavy atom. The van der Waals surface area contributed by atoms with Gasteiger partial charge in [0, 0.05) is 12.0 Å².